The molecule has 0 saturated heterocycles. The lowest BCUT2D eigenvalue weighted by atomic mass is 10.1. The average Bonchev–Trinajstić information content (AvgIpc) is 2.01. The third-order valence-corrected chi connectivity index (χ3v) is 1.55. The van der Waals surface area contributed by atoms with Crippen LogP contribution in [-0.4, -0.2) is 0 Å². The van der Waals surface area contributed by atoms with Gasteiger partial charge in [-0.2, -0.15) is 0 Å². The molecular weight excluding hydrogens is 158 g/mol. The molecule has 0 aliphatic heterocycles. The van der Waals surface area contributed by atoms with Crippen molar-refractivity contribution in [3.05, 3.63) is 34.9 Å². The van der Waals surface area contributed by atoms with Crippen LogP contribution in [0.25, 0.3) is 0 Å². The Morgan fingerprint density at radius 1 is 1.17 bits per heavy atom. The number of rotatable bonds is 0. The number of benzene rings is 1. The van der Waals surface area contributed by atoms with Gasteiger partial charge >= 0.3 is 0 Å². The largest absolute Gasteiger partial charge is 0.207 e. The quantitative estimate of drug-likeness (QED) is 0.520. The molecule has 0 atom stereocenters. The van der Waals surface area contributed by atoms with E-state index in [1.54, 1.807) is 6.92 Å². The summed E-state index contributed by atoms with van der Waals surface area (Å²) in [5, 5.41) is 0. The Bertz CT molecular complexity index is 333. The fourth-order valence-corrected chi connectivity index (χ4v) is 0.862. The predicted molar refractivity (Wildman–Crippen MR) is 43.6 cm³/mol. The van der Waals surface area contributed by atoms with Crippen LogP contribution < -0.4 is 0 Å². The Kier molecular flexibility index (Phi) is 2.44. The third kappa shape index (κ3) is 1.62. The number of hydrogen-bond donors (Lipinski definition) is 0. The van der Waals surface area contributed by atoms with E-state index >= 15 is 0 Å². The smallest absolute Gasteiger partial charge is 0.130 e. The molecule has 0 aromatic heterocycles. The first-order valence-corrected chi connectivity index (χ1v) is 3.53. The molecule has 0 radical (unpaired) electrons. The molecule has 62 valence electrons. The Balaban J connectivity index is 3.27. The van der Waals surface area contributed by atoms with Gasteiger partial charge in [-0.3, -0.25) is 0 Å². The van der Waals surface area contributed by atoms with Crippen molar-refractivity contribution in [2.45, 2.75) is 13.8 Å². The summed E-state index contributed by atoms with van der Waals surface area (Å²) in [6, 6.07) is 2.46. The van der Waals surface area contributed by atoms with Crippen LogP contribution in [0.2, 0.25) is 0 Å². The zero-order chi connectivity index (χ0) is 9.14. The van der Waals surface area contributed by atoms with Crippen LogP contribution in [-0.2, 0) is 0 Å². The van der Waals surface area contributed by atoms with E-state index in [0.29, 0.717) is 5.56 Å². The van der Waals surface area contributed by atoms with Crippen LogP contribution in [0, 0.1) is 30.4 Å². The summed E-state index contributed by atoms with van der Waals surface area (Å²) in [5.41, 5.74) is 0.412. The molecule has 1 aromatic rings. The molecule has 1 aromatic carbocycles. The summed E-state index contributed by atoms with van der Waals surface area (Å²) >= 11 is 0. The standard InChI is InChI=1S/C10H8F2/c1-3-4-8-5-9(11)7(2)10(12)6-8/h5-6H,1-2H3. The third-order valence-electron chi connectivity index (χ3n) is 1.55. The van der Waals surface area contributed by atoms with E-state index in [9.17, 15) is 8.78 Å². The van der Waals surface area contributed by atoms with Crippen LogP contribution in [0.5, 0.6) is 0 Å². The highest BCUT2D eigenvalue weighted by atomic mass is 19.1. The van der Waals surface area contributed by atoms with Gasteiger partial charge in [0, 0.05) is 11.1 Å². The maximum atomic E-state index is 12.9. The topological polar surface area (TPSA) is 0 Å². The molecule has 0 heterocycles. The maximum absolute atomic E-state index is 12.9. The molecule has 0 N–H and O–H groups in total. The first kappa shape index (κ1) is 8.73. The average molecular weight is 166 g/mol. The monoisotopic (exact) mass is 166 g/mol. The van der Waals surface area contributed by atoms with E-state index < -0.39 is 11.6 Å². The predicted octanol–water partition coefficient (Wildman–Crippen LogP) is 2.64. The molecule has 0 saturated carbocycles. The van der Waals surface area contributed by atoms with Crippen LogP contribution in [0.4, 0.5) is 8.78 Å². The van der Waals surface area contributed by atoms with Crippen LogP contribution in [0.15, 0.2) is 12.1 Å². The van der Waals surface area contributed by atoms with E-state index in [1.807, 2.05) is 0 Å². The second-order valence-electron chi connectivity index (χ2n) is 2.44. The number of hydrogen-bond acceptors (Lipinski definition) is 0. The van der Waals surface area contributed by atoms with E-state index in [1.165, 1.54) is 19.1 Å². The van der Waals surface area contributed by atoms with Crippen molar-refractivity contribution in [3.63, 3.8) is 0 Å². The fraction of sp³-hybridized carbons (Fsp3) is 0.200. The highest BCUT2D eigenvalue weighted by Gasteiger charge is 2.04. The normalized spacial score (nSPS) is 9.00. The molecule has 0 bridgehead atoms. The molecule has 0 unspecified atom stereocenters. The molecule has 0 fully saturated rings. The van der Waals surface area contributed by atoms with Gasteiger partial charge in [-0.15, -0.1) is 5.92 Å². The van der Waals surface area contributed by atoms with Gasteiger partial charge in [-0.25, -0.2) is 8.78 Å². The van der Waals surface area contributed by atoms with Crippen molar-refractivity contribution < 1.29 is 8.78 Å². The van der Waals surface area contributed by atoms with E-state index in [4.69, 9.17) is 0 Å². The van der Waals surface area contributed by atoms with E-state index in [0.717, 1.165) is 0 Å². The van der Waals surface area contributed by atoms with Crippen molar-refractivity contribution in [1.82, 2.24) is 0 Å². The minimum atomic E-state index is -0.548. The number of halogens is 2. The summed E-state index contributed by atoms with van der Waals surface area (Å²) in [5.74, 6) is 4.06. The fourth-order valence-electron chi connectivity index (χ4n) is 0.862. The first-order valence-electron chi connectivity index (χ1n) is 3.53. The Labute approximate surface area is 70.2 Å². The molecule has 0 aliphatic carbocycles. The minimum absolute atomic E-state index is 0.0386. The molecule has 0 amide bonds. The van der Waals surface area contributed by atoms with Crippen LogP contribution in [0.1, 0.15) is 18.1 Å². The van der Waals surface area contributed by atoms with Crippen molar-refractivity contribution >= 4 is 0 Å². The minimum Gasteiger partial charge on any atom is -0.207 e. The SMILES string of the molecule is CC#Cc1cc(F)c(C)c(F)c1. The van der Waals surface area contributed by atoms with Crippen LogP contribution in [0.3, 0.4) is 0 Å². The molecule has 2 heteroatoms. The van der Waals surface area contributed by atoms with Gasteiger partial charge in [-0.1, -0.05) is 5.92 Å². The van der Waals surface area contributed by atoms with Crippen molar-refractivity contribution in [1.29, 1.82) is 0 Å². The zero-order valence-electron chi connectivity index (χ0n) is 6.91. The lowest BCUT2D eigenvalue weighted by molar-refractivity contribution is 0.567. The van der Waals surface area contributed by atoms with E-state index in [2.05, 4.69) is 11.8 Å². The summed E-state index contributed by atoms with van der Waals surface area (Å²) < 4.78 is 25.7. The highest BCUT2D eigenvalue weighted by molar-refractivity contribution is 5.37. The lowest BCUT2D eigenvalue weighted by Crippen LogP contribution is -1.90. The molecular formula is C10H8F2. The van der Waals surface area contributed by atoms with Gasteiger partial charge in [0.05, 0.1) is 0 Å². The highest BCUT2D eigenvalue weighted by Crippen LogP contribution is 2.13. The lowest BCUT2D eigenvalue weighted by Gasteiger charge is -1.98. The van der Waals surface area contributed by atoms with Gasteiger partial charge in [0.25, 0.3) is 0 Å². The van der Waals surface area contributed by atoms with Gasteiger partial charge in [0.1, 0.15) is 11.6 Å². The molecule has 0 spiro atoms. The van der Waals surface area contributed by atoms with Gasteiger partial charge in [-0.05, 0) is 26.0 Å². The molecule has 1 rings (SSSR count). The second-order valence-corrected chi connectivity index (χ2v) is 2.44. The summed E-state index contributed by atoms with van der Waals surface area (Å²) in [6.07, 6.45) is 0. The molecule has 0 aliphatic rings. The Morgan fingerprint density at radius 2 is 1.67 bits per heavy atom. The Morgan fingerprint density at radius 3 is 2.08 bits per heavy atom. The molecule has 0 nitrogen and oxygen atoms in total. The maximum Gasteiger partial charge on any atom is 0.130 e. The van der Waals surface area contributed by atoms with Gasteiger partial charge in [0.2, 0.25) is 0 Å². The summed E-state index contributed by atoms with van der Waals surface area (Å²) in [7, 11) is 0. The van der Waals surface area contributed by atoms with Crippen LogP contribution >= 0.6 is 0 Å². The van der Waals surface area contributed by atoms with Gasteiger partial charge in [0.15, 0.2) is 0 Å². The van der Waals surface area contributed by atoms with Crippen molar-refractivity contribution in [3.8, 4) is 11.8 Å². The van der Waals surface area contributed by atoms with Gasteiger partial charge < -0.3 is 0 Å². The van der Waals surface area contributed by atoms with Crippen molar-refractivity contribution in [2.75, 3.05) is 0 Å². The summed E-state index contributed by atoms with van der Waals surface area (Å²) in [6.45, 7) is 3.02. The van der Waals surface area contributed by atoms with Crippen molar-refractivity contribution in [2.24, 2.45) is 0 Å². The summed E-state index contributed by atoms with van der Waals surface area (Å²) in [4.78, 5) is 0. The van der Waals surface area contributed by atoms with E-state index in [-0.39, 0.29) is 5.56 Å². The first-order chi connectivity index (χ1) is 5.65. The Hall–Kier alpha value is -1.36. The molecule has 12 heavy (non-hydrogen) atoms. The zero-order valence-corrected chi connectivity index (χ0v) is 6.91. The second kappa shape index (κ2) is 3.36.